The fourth-order valence-electron chi connectivity index (χ4n) is 3.20. The van der Waals surface area contributed by atoms with E-state index in [1.165, 1.54) is 50.6 Å². The number of aryl methyl sites for hydroxylation is 1. The van der Waals surface area contributed by atoms with Crippen LogP contribution in [0.4, 0.5) is 0 Å². The Kier molecular flexibility index (Phi) is 4.81. The molecule has 0 radical (unpaired) electrons. The molecule has 1 N–H and O–H groups in total. The maximum Gasteiger partial charge on any atom is 0.0522 e. The Balaban J connectivity index is 2.08. The van der Waals surface area contributed by atoms with Crippen molar-refractivity contribution in [2.45, 2.75) is 70.9 Å². The molecule has 3 nitrogen and oxygen atoms in total. The van der Waals surface area contributed by atoms with Crippen LogP contribution >= 0.6 is 0 Å². The van der Waals surface area contributed by atoms with Crippen molar-refractivity contribution >= 4 is 0 Å². The second kappa shape index (κ2) is 6.37. The third kappa shape index (κ3) is 3.35. The van der Waals surface area contributed by atoms with Gasteiger partial charge in [0, 0.05) is 18.3 Å². The van der Waals surface area contributed by atoms with Gasteiger partial charge in [-0.3, -0.25) is 4.68 Å². The van der Waals surface area contributed by atoms with Gasteiger partial charge in [0.05, 0.1) is 6.20 Å². The molecule has 0 saturated carbocycles. The second-order valence-corrected chi connectivity index (χ2v) is 5.65. The summed E-state index contributed by atoms with van der Waals surface area (Å²) in [6.07, 6.45) is 13.3. The number of rotatable bonds is 5. The van der Waals surface area contributed by atoms with E-state index in [1.807, 2.05) is 10.9 Å². The summed E-state index contributed by atoms with van der Waals surface area (Å²) >= 11 is 0. The SMILES string of the molecule is CCCC1(Cc2cnn(CC)c2)CCCCCN1. The molecule has 1 aromatic heterocycles. The fraction of sp³-hybridized carbons (Fsp3) is 0.800. The van der Waals surface area contributed by atoms with Gasteiger partial charge >= 0.3 is 0 Å². The summed E-state index contributed by atoms with van der Waals surface area (Å²) < 4.78 is 2.03. The first-order valence-electron chi connectivity index (χ1n) is 7.54. The van der Waals surface area contributed by atoms with Crippen LogP contribution in [0.1, 0.15) is 57.9 Å². The third-order valence-corrected chi connectivity index (χ3v) is 4.11. The van der Waals surface area contributed by atoms with Crippen LogP contribution in [0, 0.1) is 0 Å². The number of nitrogens with zero attached hydrogens (tertiary/aromatic N) is 2. The van der Waals surface area contributed by atoms with Crippen LogP contribution in [0.5, 0.6) is 0 Å². The number of aromatic nitrogens is 2. The Bertz CT molecular complexity index is 348. The van der Waals surface area contributed by atoms with Crippen molar-refractivity contribution in [1.82, 2.24) is 15.1 Å². The number of hydrogen-bond acceptors (Lipinski definition) is 2. The minimum absolute atomic E-state index is 0.326. The first-order valence-corrected chi connectivity index (χ1v) is 7.54. The lowest BCUT2D eigenvalue weighted by Crippen LogP contribution is -2.46. The van der Waals surface area contributed by atoms with Crippen LogP contribution in [0.3, 0.4) is 0 Å². The Morgan fingerprint density at radius 2 is 2.22 bits per heavy atom. The molecule has 1 aliphatic heterocycles. The fourth-order valence-corrected chi connectivity index (χ4v) is 3.20. The van der Waals surface area contributed by atoms with E-state index >= 15 is 0 Å². The largest absolute Gasteiger partial charge is 0.311 e. The molecule has 0 spiro atoms. The molecule has 1 aromatic rings. The molecule has 0 aromatic carbocycles. The summed E-state index contributed by atoms with van der Waals surface area (Å²) in [7, 11) is 0. The van der Waals surface area contributed by atoms with E-state index in [0.717, 1.165) is 13.0 Å². The average Bonchev–Trinajstić information content (AvgIpc) is 2.69. The molecule has 0 amide bonds. The molecule has 3 heteroatoms. The maximum atomic E-state index is 4.40. The molecule has 102 valence electrons. The predicted molar refractivity (Wildman–Crippen MR) is 75.7 cm³/mol. The summed E-state index contributed by atoms with van der Waals surface area (Å²) in [6, 6.07) is 0. The highest BCUT2D eigenvalue weighted by Gasteiger charge is 2.30. The van der Waals surface area contributed by atoms with Gasteiger partial charge in [0.15, 0.2) is 0 Å². The summed E-state index contributed by atoms with van der Waals surface area (Å²) in [4.78, 5) is 0. The minimum Gasteiger partial charge on any atom is -0.311 e. The number of nitrogens with one attached hydrogen (secondary N) is 1. The van der Waals surface area contributed by atoms with E-state index in [9.17, 15) is 0 Å². The van der Waals surface area contributed by atoms with Crippen molar-refractivity contribution in [3.05, 3.63) is 18.0 Å². The highest BCUT2D eigenvalue weighted by molar-refractivity contribution is 5.10. The lowest BCUT2D eigenvalue weighted by molar-refractivity contribution is 0.288. The van der Waals surface area contributed by atoms with E-state index in [4.69, 9.17) is 0 Å². The average molecular weight is 249 g/mol. The molecule has 1 aliphatic rings. The molecular weight excluding hydrogens is 222 g/mol. The Labute approximate surface area is 111 Å². The summed E-state index contributed by atoms with van der Waals surface area (Å²) in [6.45, 7) is 6.59. The van der Waals surface area contributed by atoms with E-state index < -0.39 is 0 Å². The van der Waals surface area contributed by atoms with Crippen molar-refractivity contribution in [1.29, 1.82) is 0 Å². The molecule has 2 rings (SSSR count). The molecule has 18 heavy (non-hydrogen) atoms. The topological polar surface area (TPSA) is 29.9 Å². The van der Waals surface area contributed by atoms with E-state index in [-0.39, 0.29) is 0 Å². The van der Waals surface area contributed by atoms with Crippen molar-refractivity contribution in [3.63, 3.8) is 0 Å². The lowest BCUT2D eigenvalue weighted by Gasteiger charge is -2.33. The Hall–Kier alpha value is -0.830. The summed E-state index contributed by atoms with van der Waals surface area (Å²) in [5, 5.41) is 8.24. The van der Waals surface area contributed by atoms with Gasteiger partial charge < -0.3 is 5.32 Å². The van der Waals surface area contributed by atoms with Crippen LogP contribution in [0.2, 0.25) is 0 Å². The number of hydrogen-bond donors (Lipinski definition) is 1. The van der Waals surface area contributed by atoms with Gasteiger partial charge in [-0.1, -0.05) is 26.2 Å². The molecule has 1 unspecified atom stereocenters. The van der Waals surface area contributed by atoms with E-state index in [2.05, 4.69) is 30.5 Å². The third-order valence-electron chi connectivity index (χ3n) is 4.11. The van der Waals surface area contributed by atoms with Gasteiger partial charge in [0.2, 0.25) is 0 Å². The van der Waals surface area contributed by atoms with E-state index in [0.29, 0.717) is 5.54 Å². The van der Waals surface area contributed by atoms with Crippen molar-refractivity contribution in [2.24, 2.45) is 0 Å². The maximum absolute atomic E-state index is 4.40. The zero-order valence-corrected chi connectivity index (χ0v) is 11.9. The zero-order valence-electron chi connectivity index (χ0n) is 11.9. The molecule has 2 heterocycles. The van der Waals surface area contributed by atoms with Crippen molar-refractivity contribution < 1.29 is 0 Å². The van der Waals surface area contributed by atoms with Gasteiger partial charge in [0.1, 0.15) is 0 Å². The van der Waals surface area contributed by atoms with Gasteiger partial charge in [0.25, 0.3) is 0 Å². The minimum atomic E-state index is 0.326. The first kappa shape index (κ1) is 13.6. The van der Waals surface area contributed by atoms with Gasteiger partial charge in [-0.25, -0.2) is 0 Å². The van der Waals surface area contributed by atoms with Crippen molar-refractivity contribution in [2.75, 3.05) is 6.54 Å². The van der Waals surface area contributed by atoms with Crippen LogP contribution in [-0.2, 0) is 13.0 Å². The summed E-state index contributed by atoms with van der Waals surface area (Å²) in [5.41, 5.74) is 1.71. The standard InChI is InChI=1S/C15H27N3/c1-3-8-15(9-6-5-7-10-16-15)11-14-12-17-18(4-2)13-14/h12-13,16H,3-11H2,1-2H3. The highest BCUT2D eigenvalue weighted by Crippen LogP contribution is 2.27. The van der Waals surface area contributed by atoms with Crippen molar-refractivity contribution in [3.8, 4) is 0 Å². The molecule has 0 bridgehead atoms. The second-order valence-electron chi connectivity index (χ2n) is 5.65. The van der Waals surface area contributed by atoms with Crippen LogP contribution in [0.25, 0.3) is 0 Å². The first-order chi connectivity index (χ1) is 8.78. The molecule has 0 aliphatic carbocycles. The molecule has 1 fully saturated rings. The highest BCUT2D eigenvalue weighted by atomic mass is 15.3. The monoisotopic (exact) mass is 249 g/mol. The Morgan fingerprint density at radius 3 is 2.94 bits per heavy atom. The van der Waals surface area contributed by atoms with Gasteiger partial charge in [-0.05, 0) is 44.7 Å². The zero-order chi connectivity index (χ0) is 12.8. The van der Waals surface area contributed by atoms with Crippen LogP contribution in [-0.4, -0.2) is 21.9 Å². The van der Waals surface area contributed by atoms with E-state index in [1.54, 1.807) is 0 Å². The normalized spacial score (nSPS) is 25.0. The predicted octanol–water partition coefficient (Wildman–Crippen LogP) is 3.15. The van der Waals surface area contributed by atoms with Crippen LogP contribution < -0.4 is 5.32 Å². The lowest BCUT2D eigenvalue weighted by atomic mass is 9.83. The van der Waals surface area contributed by atoms with Gasteiger partial charge in [-0.2, -0.15) is 5.10 Å². The summed E-state index contributed by atoms with van der Waals surface area (Å²) in [5.74, 6) is 0. The quantitative estimate of drug-likeness (QED) is 0.869. The smallest absolute Gasteiger partial charge is 0.0522 e. The van der Waals surface area contributed by atoms with Gasteiger partial charge in [-0.15, -0.1) is 0 Å². The molecule has 1 atom stereocenters. The molecular formula is C15H27N3. The Morgan fingerprint density at radius 1 is 1.33 bits per heavy atom. The van der Waals surface area contributed by atoms with Crippen LogP contribution in [0.15, 0.2) is 12.4 Å². The molecule has 1 saturated heterocycles.